The standard InChI is InChI=1S/C21H23N5O3/c1-3-4-11-22-21(29)19-25-18(17-10-5-6-12-26(17)19)20(28)24-16-9-7-8-15(13-16)23-14(2)27/h5-10,12-13H,3-4,11H2,1-2H3,(H,22,29)(H,23,27)(H,24,28). The third kappa shape index (κ3) is 4.78. The van der Waals surface area contributed by atoms with Crippen LogP contribution in [0.25, 0.3) is 5.52 Å². The molecule has 0 saturated carbocycles. The van der Waals surface area contributed by atoms with Crippen molar-refractivity contribution < 1.29 is 14.4 Å². The molecule has 1 aromatic carbocycles. The highest BCUT2D eigenvalue weighted by Crippen LogP contribution is 2.18. The Balaban J connectivity index is 1.86. The molecule has 0 aliphatic carbocycles. The van der Waals surface area contributed by atoms with Gasteiger partial charge in [0, 0.05) is 31.0 Å². The molecule has 3 amide bonds. The molecule has 8 nitrogen and oxygen atoms in total. The molecule has 29 heavy (non-hydrogen) atoms. The number of carbonyl (C=O) groups is 3. The first kappa shape index (κ1) is 20.1. The fourth-order valence-electron chi connectivity index (χ4n) is 2.89. The van der Waals surface area contributed by atoms with Crippen molar-refractivity contribution in [2.75, 3.05) is 17.2 Å². The van der Waals surface area contributed by atoms with Crippen LogP contribution in [-0.2, 0) is 4.79 Å². The number of rotatable bonds is 7. The minimum Gasteiger partial charge on any atom is -0.349 e. The van der Waals surface area contributed by atoms with Crippen LogP contribution in [0.1, 0.15) is 47.8 Å². The first-order valence-electron chi connectivity index (χ1n) is 9.44. The van der Waals surface area contributed by atoms with Crippen LogP contribution in [-0.4, -0.2) is 33.7 Å². The monoisotopic (exact) mass is 393 g/mol. The first-order valence-corrected chi connectivity index (χ1v) is 9.44. The number of hydrogen-bond acceptors (Lipinski definition) is 4. The number of fused-ring (bicyclic) bond motifs is 1. The van der Waals surface area contributed by atoms with Crippen LogP contribution < -0.4 is 16.0 Å². The minimum atomic E-state index is -0.443. The molecule has 3 aromatic rings. The number of pyridine rings is 1. The number of carbonyl (C=O) groups excluding carboxylic acids is 3. The number of aromatic nitrogens is 2. The van der Waals surface area contributed by atoms with Gasteiger partial charge in [0.2, 0.25) is 11.7 Å². The minimum absolute atomic E-state index is 0.149. The molecule has 0 bridgehead atoms. The van der Waals surface area contributed by atoms with E-state index >= 15 is 0 Å². The Morgan fingerprint density at radius 3 is 2.48 bits per heavy atom. The number of amides is 3. The van der Waals surface area contributed by atoms with Crippen molar-refractivity contribution in [2.24, 2.45) is 0 Å². The number of benzene rings is 1. The van der Waals surface area contributed by atoms with Gasteiger partial charge in [0.05, 0.1) is 5.52 Å². The van der Waals surface area contributed by atoms with Crippen LogP contribution in [0.4, 0.5) is 11.4 Å². The number of anilines is 2. The van der Waals surface area contributed by atoms with E-state index in [1.807, 2.05) is 6.92 Å². The van der Waals surface area contributed by atoms with Crippen molar-refractivity contribution in [1.82, 2.24) is 14.7 Å². The molecule has 2 heterocycles. The van der Waals surface area contributed by atoms with E-state index in [4.69, 9.17) is 0 Å². The summed E-state index contributed by atoms with van der Waals surface area (Å²) < 4.78 is 1.60. The molecule has 150 valence electrons. The van der Waals surface area contributed by atoms with E-state index in [0.29, 0.717) is 23.4 Å². The van der Waals surface area contributed by atoms with E-state index in [0.717, 1.165) is 12.8 Å². The summed E-state index contributed by atoms with van der Waals surface area (Å²) in [5.74, 6) is -0.811. The van der Waals surface area contributed by atoms with E-state index in [-0.39, 0.29) is 23.3 Å². The maximum atomic E-state index is 12.9. The molecule has 0 radical (unpaired) electrons. The molecule has 0 saturated heterocycles. The van der Waals surface area contributed by atoms with Crippen molar-refractivity contribution in [3.8, 4) is 0 Å². The van der Waals surface area contributed by atoms with E-state index < -0.39 is 5.91 Å². The molecule has 0 fully saturated rings. The number of hydrogen-bond donors (Lipinski definition) is 3. The van der Waals surface area contributed by atoms with Crippen LogP contribution in [0.15, 0.2) is 48.7 Å². The molecular weight excluding hydrogens is 370 g/mol. The Labute approximate surface area is 168 Å². The second kappa shape index (κ2) is 9.01. The molecule has 8 heteroatoms. The summed E-state index contributed by atoms with van der Waals surface area (Å²) in [6.45, 7) is 4.00. The van der Waals surface area contributed by atoms with Gasteiger partial charge in [0.25, 0.3) is 11.8 Å². The van der Waals surface area contributed by atoms with Crippen molar-refractivity contribution in [1.29, 1.82) is 0 Å². The van der Waals surface area contributed by atoms with Crippen LogP contribution in [0.2, 0.25) is 0 Å². The van der Waals surface area contributed by atoms with Gasteiger partial charge in [0.1, 0.15) is 0 Å². The molecule has 3 rings (SSSR count). The van der Waals surface area contributed by atoms with Crippen LogP contribution in [0, 0.1) is 0 Å². The maximum Gasteiger partial charge on any atom is 0.287 e. The number of unbranched alkanes of at least 4 members (excludes halogenated alkanes) is 1. The maximum absolute atomic E-state index is 12.9. The zero-order valence-corrected chi connectivity index (χ0v) is 16.4. The zero-order chi connectivity index (χ0) is 20.8. The van der Waals surface area contributed by atoms with Crippen LogP contribution >= 0.6 is 0 Å². The Bertz CT molecular complexity index is 1060. The summed E-state index contributed by atoms with van der Waals surface area (Å²) >= 11 is 0. The Morgan fingerprint density at radius 2 is 1.76 bits per heavy atom. The molecule has 3 N–H and O–H groups in total. The summed E-state index contributed by atoms with van der Waals surface area (Å²) in [7, 11) is 0. The average molecular weight is 393 g/mol. The van der Waals surface area contributed by atoms with E-state index in [9.17, 15) is 14.4 Å². The highest BCUT2D eigenvalue weighted by Gasteiger charge is 2.21. The van der Waals surface area contributed by atoms with Gasteiger partial charge in [-0.15, -0.1) is 0 Å². The lowest BCUT2D eigenvalue weighted by Crippen LogP contribution is -2.26. The predicted octanol–water partition coefficient (Wildman–Crippen LogP) is 3.07. The molecule has 2 aromatic heterocycles. The second-order valence-corrected chi connectivity index (χ2v) is 6.57. The smallest absolute Gasteiger partial charge is 0.287 e. The SMILES string of the molecule is CCCCNC(=O)c1nc(C(=O)Nc2cccc(NC(C)=O)c2)c2ccccn12. The predicted molar refractivity (Wildman–Crippen MR) is 111 cm³/mol. The fourth-order valence-corrected chi connectivity index (χ4v) is 2.89. The van der Waals surface area contributed by atoms with Crippen molar-refractivity contribution in [3.63, 3.8) is 0 Å². The number of imidazole rings is 1. The normalized spacial score (nSPS) is 10.6. The highest BCUT2D eigenvalue weighted by atomic mass is 16.2. The van der Waals surface area contributed by atoms with Gasteiger partial charge in [-0.25, -0.2) is 4.98 Å². The highest BCUT2D eigenvalue weighted by molar-refractivity contribution is 6.09. The molecule has 0 aliphatic rings. The molecule has 0 aliphatic heterocycles. The van der Waals surface area contributed by atoms with Crippen molar-refractivity contribution >= 4 is 34.6 Å². The third-order valence-electron chi connectivity index (χ3n) is 4.22. The molecule has 0 unspecified atom stereocenters. The Morgan fingerprint density at radius 1 is 1.00 bits per heavy atom. The quantitative estimate of drug-likeness (QED) is 0.537. The average Bonchev–Trinajstić information content (AvgIpc) is 3.08. The summed E-state index contributed by atoms with van der Waals surface area (Å²) in [6, 6.07) is 12.1. The largest absolute Gasteiger partial charge is 0.349 e. The van der Waals surface area contributed by atoms with Gasteiger partial charge >= 0.3 is 0 Å². The van der Waals surface area contributed by atoms with Crippen molar-refractivity contribution in [2.45, 2.75) is 26.7 Å². The second-order valence-electron chi connectivity index (χ2n) is 6.57. The Hall–Kier alpha value is -3.68. The van der Waals surface area contributed by atoms with Gasteiger partial charge in [-0.1, -0.05) is 25.5 Å². The van der Waals surface area contributed by atoms with Crippen molar-refractivity contribution in [3.05, 3.63) is 60.2 Å². The van der Waals surface area contributed by atoms with E-state index in [2.05, 4.69) is 20.9 Å². The molecule has 0 atom stereocenters. The van der Waals surface area contributed by atoms with Gasteiger partial charge in [0.15, 0.2) is 5.69 Å². The summed E-state index contributed by atoms with van der Waals surface area (Å²) in [4.78, 5) is 40.9. The molecular formula is C21H23N5O3. The summed E-state index contributed by atoms with van der Waals surface area (Å²) in [5.41, 5.74) is 1.76. The van der Waals surface area contributed by atoms with E-state index in [1.165, 1.54) is 6.92 Å². The zero-order valence-electron chi connectivity index (χ0n) is 16.4. The van der Waals surface area contributed by atoms with E-state index in [1.54, 1.807) is 53.1 Å². The van der Waals surface area contributed by atoms with Gasteiger partial charge in [-0.3, -0.25) is 18.8 Å². The van der Waals surface area contributed by atoms with Gasteiger partial charge in [-0.05, 0) is 36.8 Å². The first-order chi connectivity index (χ1) is 14.0. The Kier molecular flexibility index (Phi) is 6.23. The van der Waals surface area contributed by atoms with Gasteiger partial charge < -0.3 is 16.0 Å². The fraction of sp³-hybridized carbons (Fsp3) is 0.238. The molecule has 0 spiro atoms. The topological polar surface area (TPSA) is 105 Å². The summed E-state index contributed by atoms with van der Waals surface area (Å²) in [6.07, 6.45) is 3.53. The van der Waals surface area contributed by atoms with Crippen LogP contribution in [0.5, 0.6) is 0 Å². The third-order valence-corrected chi connectivity index (χ3v) is 4.22. The number of nitrogens with zero attached hydrogens (tertiary/aromatic N) is 2. The lowest BCUT2D eigenvalue weighted by Gasteiger charge is -2.07. The number of nitrogens with one attached hydrogen (secondary N) is 3. The lowest BCUT2D eigenvalue weighted by molar-refractivity contribution is -0.114. The lowest BCUT2D eigenvalue weighted by atomic mass is 10.2. The van der Waals surface area contributed by atoms with Gasteiger partial charge in [-0.2, -0.15) is 0 Å². The van der Waals surface area contributed by atoms with Crippen LogP contribution in [0.3, 0.4) is 0 Å². The summed E-state index contributed by atoms with van der Waals surface area (Å²) in [5, 5.41) is 8.26.